The van der Waals surface area contributed by atoms with Crippen molar-refractivity contribution in [2.24, 2.45) is 4.99 Å². The summed E-state index contributed by atoms with van der Waals surface area (Å²) in [6.07, 6.45) is 8.22. The van der Waals surface area contributed by atoms with Gasteiger partial charge in [0.05, 0.1) is 12.2 Å². The van der Waals surface area contributed by atoms with E-state index >= 15 is 0 Å². The summed E-state index contributed by atoms with van der Waals surface area (Å²) in [5.41, 5.74) is 5.09. The highest BCUT2D eigenvalue weighted by molar-refractivity contribution is 5.98. The zero-order valence-electron chi connectivity index (χ0n) is 9.57. The number of benzene rings is 1. The summed E-state index contributed by atoms with van der Waals surface area (Å²) in [6, 6.07) is 4.39. The van der Waals surface area contributed by atoms with Gasteiger partial charge in [0, 0.05) is 11.8 Å². The number of allylic oxidation sites excluding steroid dienone is 2. The van der Waals surface area contributed by atoms with E-state index < -0.39 is 0 Å². The molecule has 2 nitrogen and oxygen atoms in total. The summed E-state index contributed by atoms with van der Waals surface area (Å²) in [4.78, 5) is 6.88. The van der Waals surface area contributed by atoms with Crippen LogP contribution in [0.2, 0.25) is 0 Å². The van der Waals surface area contributed by atoms with E-state index in [1.54, 1.807) is 0 Å². The third-order valence-corrected chi connectivity index (χ3v) is 3.07. The average molecular weight is 210 g/mol. The lowest BCUT2D eigenvalue weighted by Crippen LogP contribution is -2.28. The van der Waals surface area contributed by atoms with Gasteiger partial charge in [-0.15, -0.1) is 0 Å². The number of aliphatic imine (C=N–C) groups is 1. The number of amidine groups is 1. The first-order valence-electron chi connectivity index (χ1n) is 5.54. The Balaban J connectivity index is 2.17. The van der Waals surface area contributed by atoms with Gasteiger partial charge >= 0.3 is 0 Å². The monoisotopic (exact) mass is 210 g/mol. The quantitative estimate of drug-likeness (QED) is 0.642. The van der Waals surface area contributed by atoms with Gasteiger partial charge in [-0.2, -0.15) is 0 Å². The van der Waals surface area contributed by atoms with Crippen molar-refractivity contribution < 1.29 is 0 Å². The predicted octanol–water partition coefficient (Wildman–Crippen LogP) is 3.23. The molecule has 80 valence electrons. The minimum absolute atomic E-state index is 0.932. The molecule has 2 heterocycles. The second-order valence-electron chi connectivity index (χ2n) is 4.38. The van der Waals surface area contributed by atoms with Crippen LogP contribution in [-0.4, -0.2) is 10.7 Å². The molecular formula is C14H14N2. The summed E-state index contributed by atoms with van der Waals surface area (Å²) in [5.74, 6) is 1.04. The molecule has 3 rings (SSSR count). The van der Waals surface area contributed by atoms with Crippen LogP contribution in [0.4, 0.5) is 5.69 Å². The Bertz CT molecular complexity index is 536. The summed E-state index contributed by atoms with van der Waals surface area (Å²) in [6.45, 7) is 5.22. The molecule has 2 heteroatoms. The van der Waals surface area contributed by atoms with Crippen molar-refractivity contribution >= 4 is 11.5 Å². The molecule has 0 saturated heterocycles. The van der Waals surface area contributed by atoms with E-state index in [1.165, 1.54) is 16.7 Å². The number of nitrogens with zero attached hydrogens (tertiary/aromatic N) is 2. The molecule has 0 fully saturated rings. The van der Waals surface area contributed by atoms with Gasteiger partial charge in [0.25, 0.3) is 0 Å². The van der Waals surface area contributed by atoms with Gasteiger partial charge < -0.3 is 4.90 Å². The van der Waals surface area contributed by atoms with E-state index in [4.69, 9.17) is 4.99 Å². The van der Waals surface area contributed by atoms with Crippen molar-refractivity contribution in [2.75, 3.05) is 0 Å². The molecule has 0 aromatic heterocycles. The fourth-order valence-electron chi connectivity index (χ4n) is 2.28. The average Bonchev–Trinajstić information content (AvgIpc) is 2.27. The Morgan fingerprint density at radius 1 is 1.19 bits per heavy atom. The highest BCUT2D eigenvalue weighted by Gasteiger charge is 2.19. The van der Waals surface area contributed by atoms with Crippen LogP contribution in [-0.2, 0) is 6.54 Å². The van der Waals surface area contributed by atoms with Crippen LogP contribution in [0.5, 0.6) is 0 Å². The van der Waals surface area contributed by atoms with E-state index in [2.05, 4.69) is 43.2 Å². The standard InChI is InChI=1S/C14H14N2/c1-10-7-11(2)12-9-16-6-4-3-5-14(16)15-13(12)8-10/h3-8H,9H2,1-2H3. The van der Waals surface area contributed by atoms with Crippen molar-refractivity contribution in [2.45, 2.75) is 20.4 Å². The Labute approximate surface area is 95.6 Å². The van der Waals surface area contributed by atoms with Crippen molar-refractivity contribution in [1.82, 2.24) is 4.90 Å². The Morgan fingerprint density at radius 2 is 2.06 bits per heavy atom. The molecule has 0 bridgehead atoms. The lowest BCUT2D eigenvalue weighted by Gasteiger charge is -2.28. The zero-order valence-corrected chi connectivity index (χ0v) is 9.57. The third kappa shape index (κ3) is 1.38. The first-order valence-corrected chi connectivity index (χ1v) is 5.54. The molecule has 2 aliphatic heterocycles. The largest absolute Gasteiger partial charge is 0.329 e. The fraction of sp³-hybridized carbons (Fsp3) is 0.214. The van der Waals surface area contributed by atoms with E-state index in [9.17, 15) is 0 Å². The van der Waals surface area contributed by atoms with Gasteiger partial charge in [-0.1, -0.05) is 12.1 Å². The molecule has 0 N–H and O–H groups in total. The number of hydrogen-bond donors (Lipinski definition) is 0. The maximum absolute atomic E-state index is 4.69. The van der Waals surface area contributed by atoms with E-state index in [0.717, 1.165) is 18.1 Å². The Hall–Kier alpha value is -1.83. The predicted molar refractivity (Wildman–Crippen MR) is 66.8 cm³/mol. The molecular weight excluding hydrogens is 196 g/mol. The van der Waals surface area contributed by atoms with Crippen LogP contribution < -0.4 is 0 Å². The first-order chi connectivity index (χ1) is 7.74. The number of rotatable bonds is 0. The maximum Gasteiger partial charge on any atom is 0.133 e. The van der Waals surface area contributed by atoms with Crippen LogP contribution in [0.25, 0.3) is 0 Å². The van der Waals surface area contributed by atoms with Gasteiger partial charge in [-0.3, -0.25) is 0 Å². The highest BCUT2D eigenvalue weighted by atomic mass is 15.2. The van der Waals surface area contributed by atoms with Gasteiger partial charge in [0.15, 0.2) is 0 Å². The van der Waals surface area contributed by atoms with Gasteiger partial charge in [-0.25, -0.2) is 4.99 Å². The molecule has 0 spiro atoms. The van der Waals surface area contributed by atoms with Crippen molar-refractivity contribution in [1.29, 1.82) is 0 Å². The van der Waals surface area contributed by atoms with Crippen LogP contribution >= 0.6 is 0 Å². The Kier molecular flexibility index (Phi) is 1.96. The molecule has 0 amide bonds. The minimum Gasteiger partial charge on any atom is -0.329 e. The van der Waals surface area contributed by atoms with Gasteiger partial charge in [0.2, 0.25) is 0 Å². The lowest BCUT2D eigenvalue weighted by atomic mass is 10.0. The summed E-state index contributed by atoms with van der Waals surface area (Å²) < 4.78 is 0. The van der Waals surface area contributed by atoms with E-state index in [0.29, 0.717) is 0 Å². The summed E-state index contributed by atoms with van der Waals surface area (Å²) in [7, 11) is 0. The molecule has 0 aliphatic carbocycles. The van der Waals surface area contributed by atoms with Crippen molar-refractivity contribution in [3.8, 4) is 0 Å². The SMILES string of the molecule is Cc1cc(C)c2c(c1)N=C1C=CC=CN1C2. The molecule has 0 atom stereocenters. The van der Waals surface area contributed by atoms with Crippen molar-refractivity contribution in [3.63, 3.8) is 0 Å². The molecule has 0 unspecified atom stereocenters. The van der Waals surface area contributed by atoms with Crippen LogP contribution in [0.15, 0.2) is 41.6 Å². The number of fused-ring (bicyclic) bond motifs is 2. The zero-order chi connectivity index (χ0) is 11.1. The molecule has 16 heavy (non-hydrogen) atoms. The molecule has 0 radical (unpaired) electrons. The minimum atomic E-state index is 0.932. The lowest BCUT2D eigenvalue weighted by molar-refractivity contribution is 0.542. The maximum atomic E-state index is 4.69. The topological polar surface area (TPSA) is 15.6 Å². The number of aryl methyl sites for hydroxylation is 2. The normalized spacial score (nSPS) is 16.9. The van der Waals surface area contributed by atoms with Crippen molar-refractivity contribution in [3.05, 3.63) is 53.3 Å². The van der Waals surface area contributed by atoms with Gasteiger partial charge in [0.1, 0.15) is 5.84 Å². The van der Waals surface area contributed by atoms with Crippen LogP contribution in [0, 0.1) is 13.8 Å². The first kappa shape index (κ1) is 9.40. The fourth-order valence-corrected chi connectivity index (χ4v) is 2.28. The highest BCUT2D eigenvalue weighted by Crippen LogP contribution is 2.31. The molecule has 1 aromatic carbocycles. The van der Waals surface area contributed by atoms with E-state index in [-0.39, 0.29) is 0 Å². The smallest absolute Gasteiger partial charge is 0.133 e. The molecule has 1 aromatic rings. The second kappa shape index (κ2) is 3.34. The van der Waals surface area contributed by atoms with E-state index in [1.807, 2.05) is 12.2 Å². The summed E-state index contributed by atoms with van der Waals surface area (Å²) >= 11 is 0. The third-order valence-electron chi connectivity index (χ3n) is 3.07. The van der Waals surface area contributed by atoms with Crippen LogP contribution in [0.1, 0.15) is 16.7 Å². The van der Waals surface area contributed by atoms with Gasteiger partial charge in [-0.05, 0) is 43.2 Å². The molecule has 2 aliphatic rings. The second-order valence-corrected chi connectivity index (χ2v) is 4.38. The number of hydrogen-bond acceptors (Lipinski definition) is 2. The summed E-state index contributed by atoms with van der Waals surface area (Å²) in [5, 5.41) is 0. The van der Waals surface area contributed by atoms with Crippen LogP contribution in [0.3, 0.4) is 0 Å². The Morgan fingerprint density at radius 3 is 2.94 bits per heavy atom. The molecule has 0 saturated carbocycles.